The number of rotatable bonds is 7. The third kappa shape index (κ3) is 6.55. The molecular formula is C17H17ClN2O6S. The Bertz CT molecular complexity index is 913. The Labute approximate surface area is 161 Å². The van der Waals surface area contributed by atoms with Crippen molar-refractivity contribution in [1.82, 2.24) is 0 Å². The number of nitrogens with two attached hydrogens (primary N) is 1. The molecular weight excluding hydrogens is 396 g/mol. The minimum absolute atomic E-state index is 0.0832. The molecule has 1 atom stereocenters. The van der Waals surface area contributed by atoms with Gasteiger partial charge in [0.15, 0.2) is 12.7 Å². The molecule has 0 aromatic heterocycles. The summed E-state index contributed by atoms with van der Waals surface area (Å²) < 4.78 is 32.6. The summed E-state index contributed by atoms with van der Waals surface area (Å²) in [6, 6.07) is 11.7. The molecule has 8 nitrogen and oxygen atoms in total. The van der Waals surface area contributed by atoms with E-state index in [-0.39, 0.29) is 4.90 Å². The predicted octanol–water partition coefficient (Wildman–Crippen LogP) is 1.94. The molecule has 0 aliphatic rings. The van der Waals surface area contributed by atoms with Gasteiger partial charge in [0.1, 0.15) is 5.75 Å². The van der Waals surface area contributed by atoms with Gasteiger partial charge in [-0.05, 0) is 55.5 Å². The molecule has 0 aliphatic heterocycles. The molecule has 2 aromatic carbocycles. The number of carbonyl (C=O) groups excluding carboxylic acids is 2. The molecule has 2 rings (SSSR count). The summed E-state index contributed by atoms with van der Waals surface area (Å²) >= 11 is 5.77. The van der Waals surface area contributed by atoms with E-state index in [9.17, 15) is 18.0 Å². The molecule has 0 unspecified atom stereocenters. The standard InChI is InChI=1S/C17H17ClN2O6S/c1-11(26-14-6-2-12(18)3-7-14)17(22)25-10-16(21)20-13-4-8-15(9-5-13)27(19,23)24/h2-9,11H,10H2,1H3,(H,20,21)(H2,19,23,24)/t11-/m0/s1. The van der Waals surface area contributed by atoms with Crippen LogP contribution < -0.4 is 15.2 Å². The maximum Gasteiger partial charge on any atom is 0.347 e. The third-order valence-corrected chi connectivity index (χ3v) is 4.45. The molecule has 1 amide bonds. The van der Waals surface area contributed by atoms with Crippen LogP contribution >= 0.6 is 11.6 Å². The predicted molar refractivity (Wildman–Crippen MR) is 98.9 cm³/mol. The van der Waals surface area contributed by atoms with Gasteiger partial charge >= 0.3 is 5.97 Å². The number of nitrogens with one attached hydrogen (secondary N) is 1. The zero-order valence-electron chi connectivity index (χ0n) is 14.2. The highest BCUT2D eigenvalue weighted by molar-refractivity contribution is 7.89. The smallest absolute Gasteiger partial charge is 0.347 e. The zero-order chi connectivity index (χ0) is 20.0. The quantitative estimate of drug-likeness (QED) is 0.669. The van der Waals surface area contributed by atoms with E-state index >= 15 is 0 Å². The van der Waals surface area contributed by atoms with Gasteiger partial charge in [-0.3, -0.25) is 4.79 Å². The second-order valence-corrected chi connectivity index (χ2v) is 7.44. The summed E-state index contributed by atoms with van der Waals surface area (Å²) in [4.78, 5) is 23.6. The Hall–Kier alpha value is -2.62. The fraction of sp³-hybridized carbons (Fsp3) is 0.176. The summed E-state index contributed by atoms with van der Waals surface area (Å²) in [5.74, 6) is -0.877. The fourth-order valence-electron chi connectivity index (χ4n) is 1.94. The highest BCUT2D eigenvalue weighted by Crippen LogP contribution is 2.17. The molecule has 0 fully saturated rings. The molecule has 0 saturated carbocycles. The van der Waals surface area contributed by atoms with Gasteiger partial charge in [-0.1, -0.05) is 11.6 Å². The summed E-state index contributed by atoms with van der Waals surface area (Å²) in [6.45, 7) is 0.963. The van der Waals surface area contributed by atoms with Crippen molar-refractivity contribution in [3.63, 3.8) is 0 Å². The van der Waals surface area contributed by atoms with E-state index in [0.717, 1.165) is 0 Å². The lowest BCUT2D eigenvalue weighted by Gasteiger charge is -2.14. The van der Waals surface area contributed by atoms with Gasteiger partial charge in [-0.15, -0.1) is 0 Å². The van der Waals surface area contributed by atoms with E-state index in [4.69, 9.17) is 26.2 Å². The maximum atomic E-state index is 11.9. The lowest BCUT2D eigenvalue weighted by Crippen LogP contribution is -2.29. The first-order valence-corrected chi connectivity index (χ1v) is 9.59. The van der Waals surface area contributed by atoms with Crippen LogP contribution in [0.25, 0.3) is 0 Å². The van der Waals surface area contributed by atoms with E-state index in [1.54, 1.807) is 24.3 Å². The van der Waals surface area contributed by atoms with Crippen molar-refractivity contribution in [2.75, 3.05) is 11.9 Å². The number of primary sulfonamides is 1. The van der Waals surface area contributed by atoms with Crippen LogP contribution in [0.15, 0.2) is 53.4 Å². The van der Waals surface area contributed by atoms with Gasteiger partial charge in [0.25, 0.3) is 5.91 Å². The highest BCUT2D eigenvalue weighted by atomic mass is 35.5. The lowest BCUT2D eigenvalue weighted by molar-refractivity contribution is -0.153. The SMILES string of the molecule is C[C@H](Oc1ccc(Cl)cc1)C(=O)OCC(=O)Nc1ccc(S(N)(=O)=O)cc1. The highest BCUT2D eigenvalue weighted by Gasteiger charge is 2.18. The van der Waals surface area contributed by atoms with E-state index in [2.05, 4.69) is 5.32 Å². The molecule has 0 radical (unpaired) electrons. The molecule has 0 spiro atoms. The van der Waals surface area contributed by atoms with Gasteiger partial charge < -0.3 is 14.8 Å². The monoisotopic (exact) mass is 412 g/mol. The molecule has 10 heteroatoms. The Morgan fingerprint density at radius 1 is 1.11 bits per heavy atom. The maximum absolute atomic E-state index is 11.9. The number of benzene rings is 2. The van der Waals surface area contributed by atoms with Crippen LogP contribution in [0.3, 0.4) is 0 Å². The van der Waals surface area contributed by atoms with Crippen LogP contribution in [0.2, 0.25) is 5.02 Å². The number of halogens is 1. The van der Waals surface area contributed by atoms with Crippen molar-refractivity contribution < 1.29 is 27.5 Å². The molecule has 2 aromatic rings. The number of carbonyl (C=O) groups is 2. The van der Waals surface area contributed by atoms with Crippen molar-refractivity contribution in [3.05, 3.63) is 53.6 Å². The Kier molecular flexibility index (Phi) is 6.78. The lowest BCUT2D eigenvalue weighted by atomic mass is 10.3. The number of hydrogen-bond acceptors (Lipinski definition) is 6. The first kappa shape index (κ1) is 20.7. The summed E-state index contributed by atoms with van der Waals surface area (Å²) in [7, 11) is -3.81. The minimum Gasteiger partial charge on any atom is -0.479 e. The third-order valence-electron chi connectivity index (χ3n) is 3.27. The summed E-state index contributed by atoms with van der Waals surface area (Å²) in [6.07, 6.45) is -0.923. The summed E-state index contributed by atoms with van der Waals surface area (Å²) in [5, 5.41) is 7.99. The Morgan fingerprint density at radius 3 is 2.26 bits per heavy atom. The van der Waals surface area contributed by atoms with Gasteiger partial charge in [0, 0.05) is 10.7 Å². The topological polar surface area (TPSA) is 125 Å². The van der Waals surface area contributed by atoms with Crippen molar-refractivity contribution in [1.29, 1.82) is 0 Å². The van der Waals surface area contributed by atoms with E-state index in [1.165, 1.54) is 31.2 Å². The average molecular weight is 413 g/mol. The first-order valence-electron chi connectivity index (χ1n) is 7.67. The number of amides is 1. The fourth-order valence-corrected chi connectivity index (χ4v) is 2.59. The number of hydrogen-bond donors (Lipinski definition) is 2. The molecule has 0 heterocycles. The van der Waals surface area contributed by atoms with Crippen LogP contribution in [0, 0.1) is 0 Å². The molecule has 0 bridgehead atoms. The number of ether oxygens (including phenoxy) is 2. The number of esters is 1. The van der Waals surface area contributed by atoms with Crippen LogP contribution in [0.1, 0.15) is 6.92 Å². The van der Waals surface area contributed by atoms with Gasteiger partial charge in [0.2, 0.25) is 10.0 Å². The van der Waals surface area contributed by atoms with Crippen LogP contribution in [0.4, 0.5) is 5.69 Å². The molecule has 3 N–H and O–H groups in total. The number of sulfonamides is 1. The Morgan fingerprint density at radius 2 is 1.70 bits per heavy atom. The van der Waals surface area contributed by atoms with Gasteiger partial charge in [0.05, 0.1) is 4.90 Å². The van der Waals surface area contributed by atoms with Crippen molar-refractivity contribution in [2.45, 2.75) is 17.9 Å². The minimum atomic E-state index is -3.81. The normalized spacial score (nSPS) is 12.1. The van der Waals surface area contributed by atoms with Crippen molar-refractivity contribution in [2.24, 2.45) is 5.14 Å². The van der Waals surface area contributed by atoms with E-state index in [1.807, 2.05) is 0 Å². The number of anilines is 1. The largest absolute Gasteiger partial charge is 0.479 e. The average Bonchev–Trinajstić information content (AvgIpc) is 2.61. The van der Waals surface area contributed by atoms with E-state index < -0.39 is 34.6 Å². The zero-order valence-corrected chi connectivity index (χ0v) is 15.8. The van der Waals surface area contributed by atoms with E-state index in [0.29, 0.717) is 16.5 Å². The molecule has 0 aliphatic carbocycles. The van der Waals surface area contributed by atoms with Crippen LogP contribution in [-0.2, 0) is 24.3 Å². The van der Waals surface area contributed by atoms with Crippen LogP contribution in [0.5, 0.6) is 5.75 Å². The molecule has 144 valence electrons. The van der Waals surface area contributed by atoms with Crippen molar-refractivity contribution in [3.8, 4) is 5.75 Å². The second-order valence-electron chi connectivity index (χ2n) is 5.44. The van der Waals surface area contributed by atoms with Crippen LogP contribution in [-0.4, -0.2) is 33.0 Å². The van der Waals surface area contributed by atoms with Gasteiger partial charge in [-0.2, -0.15) is 0 Å². The first-order chi connectivity index (χ1) is 12.6. The summed E-state index contributed by atoms with van der Waals surface area (Å²) in [5.41, 5.74) is 0.328. The Balaban J connectivity index is 1.82. The van der Waals surface area contributed by atoms with Gasteiger partial charge in [-0.25, -0.2) is 18.4 Å². The molecule has 27 heavy (non-hydrogen) atoms. The second kappa shape index (κ2) is 8.85. The van der Waals surface area contributed by atoms with Crippen molar-refractivity contribution >= 4 is 39.2 Å². The molecule has 0 saturated heterocycles.